The summed E-state index contributed by atoms with van der Waals surface area (Å²) in [6, 6.07) is 16.1. The Bertz CT molecular complexity index is 1100. The van der Waals surface area contributed by atoms with Crippen LogP contribution < -0.4 is 15.4 Å². The lowest BCUT2D eigenvalue weighted by Gasteiger charge is -2.12. The van der Waals surface area contributed by atoms with E-state index in [2.05, 4.69) is 20.6 Å². The van der Waals surface area contributed by atoms with E-state index in [1.807, 2.05) is 37.3 Å². The molecule has 0 amide bonds. The van der Waals surface area contributed by atoms with Crippen molar-refractivity contribution in [1.82, 2.24) is 15.6 Å². The molecular weight excluding hydrogens is 543 g/mol. The fourth-order valence-corrected chi connectivity index (χ4v) is 3.35. The molecule has 0 unspecified atom stereocenters. The molecule has 0 saturated carbocycles. The summed E-state index contributed by atoms with van der Waals surface area (Å²) in [4.78, 5) is 9.27. The van der Waals surface area contributed by atoms with Crippen molar-refractivity contribution in [2.24, 2.45) is 4.99 Å². The molecule has 3 aromatic rings. The van der Waals surface area contributed by atoms with Gasteiger partial charge in [-0.2, -0.15) is 0 Å². The number of rotatable bonds is 9. The largest absolute Gasteiger partial charge is 0.492 e. The monoisotopic (exact) mass is 570 g/mol. The molecule has 0 aliphatic rings. The molecule has 1 heterocycles. The van der Waals surface area contributed by atoms with Gasteiger partial charge in [-0.15, -0.1) is 24.0 Å². The first-order chi connectivity index (χ1) is 15.0. The van der Waals surface area contributed by atoms with Gasteiger partial charge in [-0.25, -0.2) is 18.4 Å². The number of nitrogens with one attached hydrogen (secondary N) is 2. The van der Waals surface area contributed by atoms with E-state index in [1.54, 1.807) is 18.4 Å². The molecule has 0 atom stereocenters. The standard InChI is InChI=1S/C22H26N4O4S.HI/c1-3-23-22(24-13-14-29-19-9-11-20(12-10-19)31(2,27)28)25-15-18-16-30-21(26-18)17-7-5-4-6-8-17;/h4-12,16H,3,13-15H2,1-2H3,(H2,23,24,25);1H. The Balaban J connectivity index is 0.00000363. The first-order valence-corrected chi connectivity index (χ1v) is 11.8. The Hall–Kier alpha value is -2.60. The van der Waals surface area contributed by atoms with Crippen molar-refractivity contribution in [1.29, 1.82) is 0 Å². The van der Waals surface area contributed by atoms with Gasteiger partial charge in [0.15, 0.2) is 15.8 Å². The average molecular weight is 570 g/mol. The van der Waals surface area contributed by atoms with E-state index in [0.29, 0.717) is 43.8 Å². The van der Waals surface area contributed by atoms with Gasteiger partial charge in [0.05, 0.1) is 18.0 Å². The fourth-order valence-electron chi connectivity index (χ4n) is 2.72. The van der Waals surface area contributed by atoms with Crippen LogP contribution in [0.3, 0.4) is 0 Å². The summed E-state index contributed by atoms with van der Waals surface area (Å²) in [5, 5.41) is 6.37. The second-order valence-electron chi connectivity index (χ2n) is 6.72. The number of aliphatic imine (C=N–C) groups is 1. The predicted molar refractivity (Wildman–Crippen MR) is 135 cm³/mol. The van der Waals surface area contributed by atoms with Crippen LogP contribution in [0.2, 0.25) is 0 Å². The zero-order valence-electron chi connectivity index (χ0n) is 17.9. The zero-order valence-corrected chi connectivity index (χ0v) is 21.1. The Kier molecular flexibility index (Phi) is 9.97. The summed E-state index contributed by atoms with van der Waals surface area (Å²) in [6.07, 6.45) is 2.79. The molecular formula is C22H27IN4O4S. The number of ether oxygens (including phenoxy) is 1. The van der Waals surface area contributed by atoms with Gasteiger partial charge in [-0.1, -0.05) is 18.2 Å². The molecule has 0 radical (unpaired) electrons. The molecule has 1 aromatic heterocycles. The number of sulfone groups is 1. The summed E-state index contributed by atoms with van der Waals surface area (Å²) in [7, 11) is -3.21. The topological polar surface area (TPSA) is 106 Å². The molecule has 3 rings (SSSR count). The normalized spacial score (nSPS) is 11.5. The van der Waals surface area contributed by atoms with E-state index in [-0.39, 0.29) is 28.9 Å². The van der Waals surface area contributed by atoms with Crippen LogP contribution in [0, 0.1) is 0 Å². The van der Waals surface area contributed by atoms with E-state index in [1.165, 1.54) is 18.4 Å². The van der Waals surface area contributed by atoms with Crippen LogP contribution in [0.15, 0.2) is 75.2 Å². The van der Waals surface area contributed by atoms with Crippen molar-refractivity contribution in [2.75, 3.05) is 26.0 Å². The Morgan fingerprint density at radius 3 is 2.47 bits per heavy atom. The van der Waals surface area contributed by atoms with Crippen molar-refractivity contribution < 1.29 is 17.6 Å². The second kappa shape index (κ2) is 12.4. The third-order valence-corrected chi connectivity index (χ3v) is 5.36. The molecule has 0 fully saturated rings. The molecule has 0 saturated heterocycles. The molecule has 8 nitrogen and oxygen atoms in total. The highest BCUT2D eigenvalue weighted by molar-refractivity contribution is 14.0. The smallest absolute Gasteiger partial charge is 0.226 e. The van der Waals surface area contributed by atoms with Crippen LogP contribution in [0.25, 0.3) is 11.5 Å². The third-order valence-electron chi connectivity index (χ3n) is 4.23. The minimum absolute atomic E-state index is 0. The fraction of sp³-hybridized carbons (Fsp3) is 0.273. The lowest BCUT2D eigenvalue weighted by atomic mass is 10.2. The summed E-state index contributed by atoms with van der Waals surface area (Å²) in [5.41, 5.74) is 1.66. The van der Waals surface area contributed by atoms with Crippen molar-refractivity contribution in [3.05, 3.63) is 66.6 Å². The van der Waals surface area contributed by atoms with Gasteiger partial charge in [-0.3, -0.25) is 0 Å². The highest BCUT2D eigenvalue weighted by atomic mass is 127. The van der Waals surface area contributed by atoms with E-state index in [4.69, 9.17) is 9.15 Å². The van der Waals surface area contributed by atoms with Crippen LogP contribution in [-0.4, -0.2) is 45.3 Å². The molecule has 0 bridgehead atoms. The average Bonchev–Trinajstić information content (AvgIpc) is 3.24. The molecule has 0 spiro atoms. The predicted octanol–water partition coefficient (Wildman–Crippen LogP) is 3.50. The maximum absolute atomic E-state index is 11.5. The Labute approximate surface area is 205 Å². The Morgan fingerprint density at radius 1 is 1.09 bits per heavy atom. The van der Waals surface area contributed by atoms with Crippen molar-refractivity contribution in [3.63, 3.8) is 0 Å². The number of oxazole rings is 1. The van der Waals surface area contributed by atoms with Gasteiger partial charge in [0, 0.05) is 18.4 Å². The van der Waals surface area contributed by atoms with Crippen molar-refractivity contribution in [3.8, 4) is 17.2 Å². The molecule has 32 heavy (non-hydrogen) atoms. The van der Waals surface area contributed by atoms with E-state index >= 15 is 0 Å². The highest BCUT2D eigenvalue weighted by Crippen LogP contribution is 2.18. The van der Waals surface area contributed by atoms with Crippen LogP contribution in [0.1, 0.15) is 12.6 Å². The van der Waals surface area contributed by atoms with Gasteiger partial charge in [-0.05, 0) is 43.3 Å². The maximum atomic E-state index is 11.5. The number of aromatic nitrogens is 1. The van der Waals surface area contributed by atoms with Crippen molar-refractivity contribution in [2.45, 2.75) is 18.4 Å². The minimum atomic E-state index is -3.21. The first-order valence-electron chi connectivity index (χ1n) is 9.90. The van der Waals surface area contributed by atoms with E-state index < -0.39 is 9.84 Å². The summed E-state index contributed by atoms with van der Waals surface area (Å²) in [6.45, 7) is 3.99. The van der Waals surface area contributed by atoms with Gasteiger partial charge in [0.1, 0.15) is 24.3 Å². The number of halogens is 1. The number of benzene rings is 2. The van der Waals surface area contributed by atoms with Crippen LogP contribution in [-0.2, 0) is 16.4 Å². The van der Waals surface area contributed by atoms with Crippen LogP contribution in [0.5, 0.6) is 5.75 Å². The molecule has 172 valence electrons. The van der Waals surface area contributed by atoms with E-state index in [9.17, 15) is 8.42 Å². The number of nitrogens with zero attached hydrogens (tertiary/aromatic N) is 2. The van der Waals surface area contributed by atoms with Gasteiger partial charge >= 0.3 is 0 Å². The van der Waals surface area contributed by atoms with Gasteiger partial charge < -0.3 is 19.8 Å². The summed E-state index contributed by atoms with van der Waals surface area (Å²) in [5.74, 6) is 1.81. The Morgan fingerprint density at radius 2 is 1.81 bits per heavy atom. The molecule has 0 aliphatic heterocycles. The molecule has 0 aliphatic carbocycles. The molecule has 10 heteroatoms. The maximum Gasteiger partial charge on any atom is 0.226 e. The summed E-state index contributed by atoms with van der Waals surface area (Å²) >= 11 is 0. The zero-order chi connectivity index (χ0) is 22.1. The van der Waals surface area contributed by atoms with E-state index in [0.717, 1.165) is 11.3 Å². The van der Waals surface area contributed by atoms with Gasteiger partial charge in [0.25, 0.3) is 0 Å². The number of hydrogen-bond acceptors (Lipinski definition) is 6. The quantitative estimate of drug-likeness (QED) is 0.176. The minimum Gasteiger partial charge on any atom is -0.492 e. The number of hydrogen-bond donors (Lipinski definition) is 2. The number of guanidine groups is 1. The van der Waals surface area contributed by atoms with Crippen molar-refractivity contribution >= 4 is 39.8 Å². The SMILES string of the molecule is CCNC(=NCc1coc(-c2ccccc2)n1)NCCOc1ccc(S(C)(=O)=O)cc1.I. The summed E-state index contributed by atoms with van der Waals surface area (Å²) < 4.78 is 34.2. The highest BCUT2D eigenvalue weighted by Gasteiger charge is 2.07. The lowest BCUT2D eigenvalue weighted by Crippen LogP contribution is -2.39. The first kappa shape index (κ1) is 25.7. The van der Waals surface area contributed by atoms with Crippen LogP contribution in [0.4, 0.5) is 0 Å². The van der Waals surface area contributed by atoms with Gasteiger partial charge in [0.2, 0.25) is 5.89 Å². The molecule has 2 N–H and O–H groups in total. The molecule has 2 aromatic carbocycles. The second-order valence-corrected chi connectivity index (χ2v) is 8.74. The lowest BCUT2D eigenvalue weighted by molar-refractivity contribution is 0.321. The van der Waals surface area contributed by atoms with Crippen LogP contribution >= 0.6 is 24.0 Å². The third kappa shape index (κ3) is 7.83.